The summed E-state index contributed by atoms with van der Waals surface area (Å²) >= 11 is 0. The number of allylic oxidation sites excluding steroid dienone is 1. The maximum Gasteiger partial charge on any atom is 0.340 e. The zero-order valence-corrected chi connectivity index (χ0v) is 12.9. The minimum Gasteiger partial charge on any atom is -0.493 e. The first-order valence-electron chi connectivity index (χ1n) is 6.57. The summed E-state index contributed by atoms with van der Waals surface area (Å²) in [6.07, 6.45) is 1.58. The van der Waals surface area contributed by atoms with Gasteiger partial charge in [0.05, 0.1) is 32.5 Å². The number of hydrogen-bond acceptors (Lipinski definition) is 5. The fraction of sp³-hybridized carbons (Fsp3) is 0.250. The standard InChI is InChI=1S/C16H17NO5/c1-9-13(16(19)22-4)11(15(18)17-9)8-10-6-5-7-12(20-2)14(10)21-3/h5-8H,1-4H3,(H,17,18). The molecule has 0 spiro atoms. The Balaban J connectivity index is 2.57. The minimum atomic E-state index is -0.566. The van der Waals surface area contributed by atoms with Gasteiger partial charge in [0, 0.05) is 11.3 Å². The molecule has 0 aromatic heterocycles. The number of hydrogen-bond donors (Lipinski definition) is 1. The summed E-state index contributed by atoms with van der Waals surface area (Å²) in [5.74, 6) is 0.0985. The van der Waals surface area contributed by atoms with Crippen LogP contribution in [0.15, 0.2) is 35.0 Å². The first-order chi connectivity index (χ1) is 10.5. The number of carbonyl (C=O) groups excluding carboxylic acids is 2. The van der Waals surface area contributed by atoms with Gasteiger partial charge in [0.2, 0.25) is 0 Å². The molecule has 1 amide bonds. The Morgan fingerprint density at radius 2 is 1.91 bits per heavy atom. The van der Waals surface area contributed by atoms with Crippen LogP contribution < -0.4 is 14.8 Å². The lowest BCUT2D eigenvalue weighted by Gasteiger charge is -2.10. The fourth-order valence-electron chi connectivity index (χ4n) is 2.30. The number of para-hydroxylation sites is 1. The molecule has 116 valence electrons. The molecule has 0 saturated heterocycles. The van der Waals surface area contributed by atoms with Gasteiger partial charge in [-0.2, -0.15) is 0 Å². The topological polar surface area (TPSA) is 73.9 Å². The van der Waals surface area contributed by atoms with Crippen LogP contribution in [-0.2, 0) is 14.3 Å². The van der Waals surface area contributed by atoms with Crippen LogP contribution in [0.25, 0.3) is 6.08 Å². The van der Waals surface area contributed by atoms with E-state index in [1.165, 1.54) is 21.3 Å². The Labute approximate surface area is 128 Å². The molecule has 6 heteroatoms. The molecule has 1 aromatic carbocycles. The highest BCUT2D eigenvalue weighted by molar-refractivity contribution is 6.16. The number of ether oxygens (including phenoxy) is 3. The molecule has 6 nitrogen and oxygen atoms in total. The third-order valence-electron chi connectivity index (χ3n) is 3.31. The zero-order valence-electron chi connectivity index (χ0n) is 12.9. The van der Waals surface area contributed by atoms with E-state index in [1.807, 2.05) is 0 Å². The van der Waals surface area contributed by atoms with Crippen molar-refractivity contribution in [1.29, 1.82) is 0 Å². The van der Waals surface area contributed by atoms with Gasteiger partial charge in [0.1, 0.15) is 0 Å². The van der Waals surface area contributed by atoms with E-state index in [2.05, 4.69) is 5.32 Å². The summed E-state index contributed by atoms with van der Waals surface area (Å²) in [4.78, 5) is 24.0. The Morgan fingerprint density at radius 1 is 1.18 bits per heavy atom. The average molecular weight is 303 g/mol. The predicted molar refractivity (Wildman–Crippen MR) is 80.4 cm³/mol. The molecule has 0 saturated carbocycles. The number of esters is 1. The molecular formula is C16H17NO5. The van der Waals surface area contributed by atoms with E-state index in [1.54, 1.807) is 31.2 Å². The van der Waals surface area contributed by atoms with Crippen molar-refractivity contribution in [2.24, 2.45) is 0 Å². The van der Waals surface area contributed by atoms with Crippen LogP contribution in [0.3, 0.4) is 0 Å². The second-order valence-corrected chi connectivity index (χ2v) is 4.59. The van der Waals surface area contributed by atoms with Crippen molar-refractivity contribution in [3.8, 4) is 11.5 Å². The van der Waals surface area contributed by atoms with Crippen LogP contribution in [0.5, 0.6) is 11.5 Å². The van der Waals surface area contributed by atoms with Gasteiger partial charge in [-0.05, 0) is 19.1 Å². The SMILES string of the molecule is COC(=O)C1=C(C)NC(=O)C1=Cc1cccc(OC)c1OC. The van der Waals surface area contributed by atoms with Crippen molar-refractivity contribution in [1.82, 2.24) is 5.32 Å². The van der Waals surface area contributed by atoms with Gasteiger partial charge < -0.3 is 19.5 Å². The molecule has 1 heterocycles. The second-order valence-electron chi connectivity index (χ2n) is 4.59. The molecule has 0 atom stereocenters. The number of benzene rings is 1. The lowest BCUT2D eigenvalue weighted by Crippen LogP contribution is -2.15. The van der Waals surface area contributed by atoms with E-state index in [0.29, 0.717) is 22.8 Å². The number of carbonyl (C=O) groups is 2. The molecule has 2 rings (SSSR count). The largest absolute Gasteiger partial charge is 0.493 e. The molecule has 1 N–H and O–H groups in total. The highest BCUT2D eigenvalue weighted by Crippen LogP contribution is 2.34. The maximum absolute atomic E-state index is 12.1. The smallest absolute Gasteiger partial charge is 0.340 e. The average Bonchev–Trinajstić information content (AvgIpc) is 2.80. The molecule has 0 bridgehead atoms. The molecule has 0 aliphatic carbocycles. The van der Waals surface area contributed by atoms with Crippen LogP contribution in [0, 0.1) is 0 Å². The summed E-state index contributed by atoms with van der Waals surface area (Å²) < 4.78 is 15.3. The van der Waals surface area contributed by atoms with Gasteiger partial charge in [-0.3, -0.25) is 4.79 Å². The quantitative estimate of drug-likeness (QED) is 0.676. The van der Waals surface area contributed by atoms with Gasteiger partial charge in [0.25, 0.3) is 5.91 Å². The lowest BCUT2D eigenvalue weighted by molar-refractivity contribution is -0.136. The first-order valence-corrected chi connectivity index (χ1v) is 6.57. The lowest BCUT2D eigenvalue weighted by atomic mass is 10.0. The first kappa shape index (κ1) is 15.6. The van der Waals surface area contributed by atoms with E-state index in [4.69, 9.17) is 14.2 Å². The van der Waals surface area contributed by atoms with Crippen molar-refractivity contribution in [3.05, 3.63) is 40.6 Å². The minimum absolute atomic E-state index is 0.220. The van der Waals surface area contributed by atoms with E-state index < -0.39 is 5.97 Å². The monoisotopic (exact) mass is 303 g/mol. The van der Waals surface area contributed by atoms with E-state index in [9.17, 15) is 9.59 Å². The van der Waals surface area contributed by atoms with Crippen LogP contribution in [0.2, 0.25) is 0 Å². The van der Waals surface area contributed by atoms with Gasteiger partial charge in [-0.15, -0.1) is 0 Å². The maximum atomic E-state index is 12.1. The zero-order chi connectivity index (χ0) is 16.3. The third-order valence-corrected chi connectivity index (χ3v) is 3.31. The molecule has 22 heavy (non-hydrogen) atoms. The van der Waals surface area contributed by atoms with Crippen LogP contribution >= 0.6 is 0 Å². The van der Waals surface area contributed by atoms with Crippen molar-refractivity contribution in [2.75, 3.05) is 21.3 Å². The van der Waals surface area contributed by atoms with Crippen LogP contribution in [0.1, 0.15) is 12.5 Å². The molecule has 1 aliphatic heterocycles. The Bertz CT molecular complexity index is 688. The molecular weight excluding hydrogens is 286 g/mol. The van der Waals surface area contributed by atoms with E-state index in [-0.39, 0.29) is 17.1 Å². The molecule has 0 unspecified atom stereocenters. The van der Waals surface area contributed by atoms with Crippen LogP contribution in [-0.4, -0.2) is 33.2 Å². The summed E-state index contributed by atoms with van der Waals surface area (Å²) in [5.41, 5.74) is 1.54. The molecule has 0 radical (unpaired) electrons. The third kappa shape index (κ3) is 2.67. The van der Waals surface area contributed by atoms with Crippen molar-refractivity contribution >= 4 is 18.0 Å². The molecule has 0 fully saturated rings. The second kappa shape index (κ2) is 6.34. The summed E-state index contributed by atoms with van der Waals surface area (Å²) in [5, 5.41) is 2.62. The Morgan fingerprint density at radius 3 is 2.50 bits per heavy atom. The van der Waals surface area contributed by atoms with Crippen molar-refractivity contribution < 1.29 is 23.8 Å². The number of nitrogens with one attached hydrogen (secondary N) is 1. The van der Waals surface area contributed by atoms with E-state index >= 15 is 0 Å². The normalized spacial score (nSPS) is 15.8. The van der Waals surface area contributed by atoms with Gasteiger partial charge in [-0.25, -0.2) is 4.79 Å². The highest BCUT2D eigenvalue weighted by Gasteiger charge is 2.31. The summed E-state index contributed by atoms with van der Waals surface area (Å²) in [6, 6.07) is 5.29. The summed E-state index contributed by atoms with van der Waals surface area (Å²) in [7, 11) is 4.31. The summed E-state index contributed by atoms with van der Waals surface area (Å²) in [6.45, 7) is 1.65. The van der Waals surface area contributed by atoms with Crippen molar-refractivity contribution in [2.45, 2.75) is 6.92 Å². The number of methoxy groups -OCH3 is 3. The van der Waals surface area contributed by atoms with E-state index in [0.717, 1.165) is 0 Å². The Hall–Kier alpha value is -2.76. The molecule has 1 aromatic rings. The number of amides is 1. The Kier molecular flexibility index (Phi) is 4.50. The van der Waals surface area contributed by atoms with Gasteiger partial charge in [-0.1, -0.05) is 12.1 Å². The van der Waals surface area contributed by atoms with Crippen LogP contribution in [0.4, 0.5) is 0 Å². The fourth-order valence-corrected chi connectivity index (χ4v) is 2.30. The molecule has 1 aliphatic rings. The van der Waals surface area contributed by atoms with Crippen molar-refractivity contribution in [3.63, 3.8) is 0 Å². The number of rotatable bonds is 4. The highest BCUT2D eigenvalue weighted by atomic mass is 16.5. The predicted octanol–water partition coefficient (Wildman–Crippen LogP) is 1.66. The van der Waals surface area contributed by atoms with Gasteiger partial charge >= 0.3 is 5.97 Å². The van der Waals surface area contributed by atoms with Gasteiger partial charge in [0.15, 0.2) is 11.5 Å².